The van der Waals surface area contributed by atoms with Gasteiger partial charge in [-0.3, -0.25) is 4.79 Å². The number of halogens is 2. The van der Waals surface area contributed by atoms with Crippen LogP contribution in [0.1, 0.15) is 12.5 Å². The van der Waals surface area contributed by atoms with Crippen LogP contribution < -0.4 is 16.2 Å². The zero-order valence-electron chi connectivity index (χ0n) is 11.0. The SMILES string of the molecule is CCc1cccc(OC/C(=C\C(Cl)=C/N)C(N)=O)c1Cl. The number of nitrogens with two attached hydrogens (primary N) is 2. The summed E-state index contributed by atoms with van der Waals surface area (Å²) in [6, 6.07) is 5.47. The van der Waals surface area contributed by atoms with Gasteiger partial charge in [-0.1, -0.05) is 42.3 Å². The van der Waals surface area contributed by atoms with E-state index in [-0.39, 0.29) is 17.2 Å². The van der Waals surface area contributed by atoms with Crippen LogP contribution in [-0.2, 0) is 11.2 Å². The van der Waals surface area contributed by atoms with Crippen LogP contribution in [0.15, 0.2) is 41.1 Å². The van der Waals surface area contributed by atoms with Crippen LogP contribution in [0.3, 0.4) is 0 Å². The molecule has 0 aliphatic carbocycles. The second-order valence-electron chi connectivity index (χ2n) is 3.96. The lowest BCUT2D eigenvalue weighted by Gasteiger charge is -2.11. The number of primary amides is 1. The molecule has 0 atom stereocenters. The smallest absolute Gasteiger partial charge is 0.248 e. The average Bonchev–Trinajstić information content (AvgIpc) is 2.44. The molecule has 1 aromatic rings. The van der Waals surface area contributed by atoms with Gasteiger partial charge in [0.05, 0.1) is 15.6 Å². The van der Waals surface area contributed by atoms with E-state index in [0.29, 0.717) is 10.8 Å². The lowest BCUT2D eigenvalue weighted by molar-refractivity contribution is -0.114. The maximum Gasteiger partial charge on any atom is 0.248 e. The number of hydrogen-bond donors (Lipinski definition) is 2. The van der Waals surface area contributed by atoms with E-state index >= 15 is 0 Å². The highest BCUT2D eigenvalue weighted by Crippen LogP contribution is 2.28. The molecule has 0 radical (unpaired) electrons. The largest absolute Gasteiger partial charge is 0.487 e. The van der Waals surface area contributed by atoms with Gasteiger partial charge in [-0.15, -0.1) is 0 Å². The molecule has 20 heavy (non-hydrogen) atoms. The highest BCUT2D eigenvalue weighted by atomic mass is 35.5. The molecule has 0 fully saturated rings. The van der Waals surface area contributed by atoms with E-state index in [1.165, 1.54) is 6.08 Å². The monoisotopic (exact) mass is 314 g/mol. The Balaban J connectivity index is 2.89. The number of hydrogen-bond acceptors (Lipinski definition) is 3. The van der Waals surface area contributed by atoms with E-state index in [1.807, 2.05) is 19.1 Å². The number of ether oxygens (including phenoxy) is 1. The first-order chi connectivity index (χ1) is 9.49. The molecule has 0 aromatic heterocycles. The molecule has 0 aliphatic rings. The molecule has 0 saturated carbocycles. The predicted octanol–water partition coefficient (Wildman–Crippen LogP) is 2.73. The maximum absolute atomic E-state index is 11.3. The van der Waals surface area contributed by atoms with E-state index in [9.17, 15) is 4.79 Å². The zero-order chi connectivity index (χ0) is 15.1. The van der Waals surface area contributed by atoms with E-state index < -0.39 is 5.91 Å². The zero-order valence-corrected chi connectivity index (χ0v) is 12.5. The van der Waals surface area contributed by atoms with E-state index in [2.05, 4.69) is 0 Å². The summed E-state index contributed by atoms with van der Waals surface area (Å²) in [5.41, 5.74) is 11.7. The summed E-state index contributed by atoms with van der Waals surface area (Å²) in [5.74, 6) is -0.140. The molecular weight excluding hydrogens is 299 g/mol. The normalized spacial score (nSPS) is 12.3. The molecule has 4 nitrogen and oxygen atoms in total. The number of amides is 1. The quantitative estimate of drug-likeness (QED) is 0.626. The van der Waals surface area contributed by atoms with Crippen molar-refractivity contribution in [2.75, 3.05) is 6.61 Å². The van der Waals surface area contributed by atoms with Crippen molar-refractivity contribution in [2.45, 2.75) is 13.3 Å². The highest BCUT2D eigenvalue weighted by molar-refractivity contribution is 6.32. The number of carbonyl (C=O) groups excluding carboxylic acids is 1. The Morgan fingerprint density at radius 3 is 2.70 bits per heavy atom. The van der Waals surface area contributed by atoms with Crippen molar-refractivity contribution < 1.29 is 9.53 Å². The third kappa shape index (κ3) is 4.47. The first-order valence-electron chi connectivity index (χ1n) is 5.97. The van der Waals surface area contributed by atoms with E-state index in [1.54, 1.807) is 6.07 Å². The van der Waals surface area contributed by atoms with Gasteiger partial charge >= 0.3 is 0 Å². The van der Waals surface area contributed by atoms with Gasteiger partial charge in [0.25, 0.3) is 0 Å². The van der Waals surface area contributed by atoms with E-state index in [0.717, 1.165) is 18.2 Å². The van der Waals surface area contributed by atoms with Crippen molar-refractivity contribution in [1.82, 2.24) is 0 Å². The lowest BCUT2D eigenvalue weighted by Crippen LogP contribution is -2.19. The van der Waals surface area contributed by atoms with Crippen LogP contribution in [0.5, 0.6) is 5.75 Å². The van der Waals surface area contributed by atoms with Crippen LogP contribution in [0, 0.1) is 0 Å². The molecule has 6 heteroatoms. The third-order valence-electron chi connectivity index (χ3n) is 2.60. The minimum atomic E-state index is -0.632. The second-order valence-corrected chi connectivity index (χ2v) is 4.77. The molecule has 1 amide bonds. The molecule has 0 saturated heterocycles. The molecule has 0 aliphatic heterocycles. The molecule has 0 bridgehead atoms. The summed E-state index contributed by atoms with van der Waals surface area (Å²) in [7, 11) is 0. The van der Waals surface area contributed by atoms with Gasteiger partial charge in [0, 0.05) is 6.20 Å². The van der Waals surface area contributed by atoms with Crippen LogP contribution in [0.4, 0.5) is 0 Å². The van der Waals surface area contributed by atoms with Crippen LogP contribution >= 0.6 is 23.2 Å². The molecular formula is C14H16Cl2N2O2. The Morgan fingerprint density at radius 1 is 1.45 bits per heavy atom. The number of benzene rings is 1. The standard InChI is InChI=1S/C14H16Cl2N2O2/c1-2-9-4-3-5-12(13(9)16)20-8-10(14(18)19)6-11(15)7-17/h3-7H,2,8,17H2,1H3,(H2,18,19)/b10-6+,11-7+. The van der Waals surface area contributed by atoms with Gasteiger partial charge in [-0.25, -0.2) is 0 Å². The minimum absolute atomic E-state index is 0.0354. The summed E-state index contributed by atoms with van der Waals surface area (Å²) >= 11 is 11.9. The van der Waals surface area contributed by atoms with Crippen molar-refractivity contribution in [3.63, 3.8) is 0 Å². The van der Waals surface area contributed by atoms with Crippen molar-refractivity contribution in [2.24, 2.45) is 11.5 Å². The van der Waals surface area contributed by atoms with Gasteiger partial charge in [-0.2, -0.15) is 0 Å². The summed E-state index contributed by atoms with van der Waals surface area (Å²) < 4.78 is 5.52. The predicted molar refractivity (Wildman–Crippen MR) is 81.7 cm³/mol. The van der Waals surface area contributed by atoms with Crippen molar-refractivity contribution >= 4 is 29.1 Å². The van der Waals surface area contributed by atoms with E-state index in [4.69, 9.17) is 39.4 Å². The number of allylic oxidation sites excluding steroid dienone is 2. The van der Waals surface area contributed by atoms with Crippen LogP contribution in [0.25, 0.3) is 0 Å². The maximum atomic E-state index is 11.3. The van der Waals surface area contributed by atoms with Gasteiger partial charge < -0.3 is 16.2 Å². The first-order valence-corrected chi connectivity index (χ1v) is 6.73. The summed E-state index contributed by atoms with van der Waals surface area (Å²) in [6.07, 6.45) is 3.31. The number of carbonyl (C=O) groups is 1. The summed E-state index contributed by atoms with van der Waals surface area (Å²) in [4.78, 5) is 11.3. The van der Waals surface area contributed by atoms with Gasteiger partial charge in [0.2, 0.25) is 5.91 Å². The van der Waals surface area contributed by atoms with Crippen LogP contribution in [0.2, 0.25) is 5.02 Å². The third-order valence-corrected chi connectivity index (χ3v) is 3.26. The fourth-order valence-electron chi connectivity index (χ4n) is 1.49. The van der Waals surface area contributed by atoms with Gasteiger partial charge in [0.1, 0.15) is 12.4 Å². The molecule has 1 aromatic carbocycles. The Labute approximate surface area is 128 Å². The second kappa shape index (κ2) is 7.82. The molecule has 1 rings (SSSR count). The lowest BCUT2D eigenvalue weighted by atomic mass is 10.1. The first kappa shape index (κ1) is 16.4. The highest BCUT2D eigenvalue weighted by Gasteiger charge is 2.10. The van der Waals surface area contributed by atoms with Crippen LogP contribution in [-0.4, -0.2) is 12.5 Å². The Kier molecular flexibility index (Phi) is 6.42. The molecule has 4 N–H and O–H groups in total. The topological polar surface area (TPSA) is 78.3 Å². The summed E-state index contributed by atoms with van der Waals surface area (Å²) in [5, 5.41) is 0.732. The molecule has 0 heterocycles. The number of aryl methyl sites for hydroxylation is 1. The Hall–Kier alpha value is -1.65. The minimum Gasteiger partial charge on any atom is -0.487 e. The molecule has 0 spiro atoms. The Morgan fingerprint density at radius 2 is 2.15 bits per heavy atom. The molecule has 0 unspecified atom stereocenters. The number of rotatable bonds is 6. The van der Waals surface area contributed by atoms with Crippen molar-refractivity contribution in [3.05, 3.63) is 51.7 Å². The van der Waals surface area contributed by atoms with Crippen molar-refractivity contribution in [3.8, 4) is 5.75 Å². The van der Waals surface area contributed by atoms with Gasteiger partial charge in [-0.05, 0) is 24.1 Å². The Bertz CT molecular complexity index is 554. The van der Waals surface area contributed by atoms with Gasteiger partial charge in [0.15, 0.2) is 0 Å². The fraction of sp³-hybridized carbons (Fsp3) is 0.214. The van der Waals surface area contributed by atoms with Crippen molar-refractivity contribution in [1.29, 1.82) is 0 Å². The fourth-order valence-corrected chi connectivity index (χ4v) is 1.94. The molecule has 108 valence electrons. The average molecular weight is 315 g/mol. The summed E-state index contributed by atoms with van der Waals surface area (Å²) in [6.45, 7) is 1.96.